The maximum Gasteiger partial charge on any atom is 0.123 e. The molecule has 0 unspecified atom stereocenters. The van der Waals surface area contributed by atoms with Crippen LogP contribution >= 0.6 is 0 Å². The van der Waals surface area contributed by atoms with Crippen molar-refractivity contribution in [3.05, 3.63) is 66.2 Å². The standard InChI is InChI=1S/C16H13N3/c17-16(18)13-7-3-2-6-12(13)15-10-9-11-5-1-4-8-14(11)19-15/h1-10H,(H3,17,18). The van der Waals surface area contributed by atoms with Crippen LogP contribution < -0.4 is 5.73 Å². The summed E-state index contributed by atoms with van der Waals surface area (Å²) >= 11 is 0. The Morgan fingerprint density at radius 3 is 2.47 bits per heavy atom. The van der Waals surface area contributed by atoms with E-state index in [9.17, 15) is 0 Å². The van der Waals surface area contributed by atoms with Gasteiger partial charge in [-0.25, -0.2) is 4.98 Å². The molecule has 19 heavy (non-hydrogen) atoms. The fraction of sp³-hybridized carbons (Fsp3) is 0. The molecule has 0 aliphatic carbocycles. The summed E-state index contributed by atoms with van der Waals surface area (Å²) in [5.41, 5.74) is 9.00. The maximum atomic E-state index is 7.64. The normalized spacial score (nSPS) is 10.5. The van der Waals surface area contributed by atoms with Gasteiger partial charge in [0.25, 0.3) is 0 Å². The van der Waals surface area contributed by atoms with Crippen LogP contribution in [0, 0.1) is 5.41 Å². The van der Waals surface area contributed by atoms with E-state index >= 15 is 0 Å². The minimum atomic E-state index is 0.0607. The average Bonchev–Trinajstić information content (AvgIpc) is 2.46. The van der Waals surface area contributed by atoms with Crippen molar-refractivity contribution in [3.8, 4) is 11.3 Å². The maximum absolute atomic E-state index is 7.64. The van der Waals surface area contributed by atoms with Crippen molar-refractivity contribution in [3.63, 3.8) is 0 Å². The van der Waals surface area contributed by atoms with Gasteiger partial charge in [0.05, 0.1) is 11.2 Å². The lowest BCUT2D eigenvalue weighted by molar-refractivity contribution is 1.37. The van der Waals surface area contributed by atoms with Gasteiger partial charge in [0.15, 0.2) is 0 Å². The van der Waals surface area contributed by atoms with Gasteiger partial charge in [-0.15, -0.1) is 0 Å². The van der Waals surface area contributed by atoms with E-state index in [0.717, 1.165) is 22.2 Å². The molecule has 3 rings (SSSR count). The number of nitrogens with zero attached hydrogens (tertiary/aromatic N) is 1. The van der Waals surface area contributed by atoms with Crippen molar-refractivity contribution in [2.75, 3.05) is 0 Å². The van der Waals surface area contributed by atoms with Crippen molar-refractivity contribution in [2.24, 2.45) is 5.73 Å². The quantitative estimate of drug-likeness (QED) is 0.539. The zero-order valence-electron chi connectivity index (χ0n) is 10.3. The summed E-state index contributed by atoms with van der Waals surface area (Å²) in [6.45, 7) is 0. The van der Waals surface area contributed by atoms with E-state index < -0.39 is 0 Å². The predicted octanol–water partition coefficient (Wildman–Crippen LogP) is 3.19. The largest absolute Gasteiger partial charge is 0.384 e. The summed E-state index contributed by atoms with van der Waals surface area (Å²) in [6, 6.07) is 19.6. The molecule has 3 nitrogen and oxygen atoms in total. The molecule has 3 aromatic rings. The third kappa shape index (κ3) is 2.06. The van der Waals surface area contributed by atoms with Crippen LogP contribution in [0.5, 0.6) is 0 Å². The molecule has 1 aromatic heterocycles. The average molecular weight is 247 g/mol. The predicted molar refractivity (Wildman–Crippen MR) is 78.2 cm³/mol. The van der Waals surface area contributed by atoms with Crippen LogP contribution in [0.15, 0.2) is 60.7 Å². The lowest BCUT2D eigenvalue weighted by Crippen LogP contribution is -2.12. The van der Waals surface area contributed by atoms with Gasteiger partial charge in [0.2, 0.25) is 0 Å². The van der Waals surface area contributed by atoms with Crippen LogP contribution in [-0.2, 0) is 0 Å². The lowest BCUT2D eigenvalue weighted by Gasteiger charge is -2.08. The molecular weight excluding hydrogens is 234 g/mol. The zero-order chi connectivity index (χ0) is 13.2. The van der Waals surface area contributed by atoms with Crippen molar-refractivity contribution >= 4 is 16.7 Å². The Morgan fingerprint density at radius 2 is 1.63 bits per heavy atom. The second kappa shape index (κ2) is 4.53. The number of amidine groups is 1. The first-order valence-corrected chi connectivity index (χ1v) is 6.05. The summed E-state index contributed by atoms with van der Waals surface area (Å²) < 4.78 is 0. The summed E-state index contributed by atoms with van der Waals surface area (Å²) in [7, 11) is 0. The molecule has 3 N–H and O–H groups in total. The molecule has 0 bridgehead atoms. The summed E-state index contributed by atoms with van der Waals surface area (Å²) in [6.07, 6.45) is 0. The molecule has 2 aromatic carbocycles. The fourth-order valence-electron chi connectivity index (χ4n) is 2.16. The van der Waals surface area contributed by atoms with Gasteiger partial charge in [-0.1, -0.05) is 48.5 Å². The molecule has 0 radical (unpaired) electrons. The molecule has 0 amide bonds. The number of pyridine rings is 1. The smallest absolute Gasteiger partial charge is 0.123 e. The molecule has 0 aliphatic rings. The van der Waals surface area contributed by atoms with Crippen molar-refractivity contribution in [1.29, 1.82) is 5.41 Å². The Labute approximate surface area is 111 Å². The number of nitrogens with two attached hydrogens (primary N) is 1. The van der Waals surface area contributed by atoms with Gasteiger partial charge in [-0.3, -0.25) is 5.41 Å². The summed E-state index contributed by atoms with van der Waals surface area (Å²) in [5, 5.41) is 8.74. The van der Waals surface area contributed by atoms with Gasteiger partial charge >= 0.3 is 0 Å². The Morgan fingerprint density at radius 1 is 0.895 bits per heavy atom. The minimum absolute atomic E-state index is 0.0607. The summed E-state index contributed by atoms with van der Waals surface area (Å²) in [4.78, 5) is 4.64. The van der Waals surface area contributed by atoms with E-state index in [4.69, 9.17) is 11.1 Å². The number of hydrogen-bond donors (Lipinski definition) is 2. The molecule has 0 aliphatic heterocycles. The number of nitrogens with one attached hydrogen (secondary N) is 1. The van der Waals surface area contributed by atoms with E-state index in [0.29, 0.717) is 5.56 Å². The Balaban J connectivity index is 2.22. The molecule has 0 saturated carbocycles. The second-order valence-electron chi connectivity index (χ2n) is 4.35. The Hall–Kier alpha value is -2.68. The van der Waals surface area contributed by atoms with Crippen molar-refractivity contribution < 1.29 is 0 Å². The highest BCUT2D eigenvalue weighted by Gasteiger charge is 2.08. The van der Waals surface area contributed by atoms with E-state index in [1.807, 2.05) is 60.7 Å². The van der Waals surface area contributed by atoms with E-state index in [1.54, 1.807) is 0 Å². The SMILES string of the molecule is N=C(N)c1ccccc1-c1ccc2ccccc2n1. The number of aromatic nitrogens is 1. The van der Waals surface area contributed by atoms with Crippen LogP contribution in [0.4, 0.5) is 0 Å². The molecule has 92 valence electrons. The lowest BCUT2D eigenvalue weighted by atomic mass is 10.0. The van der Waals surface area contributed by atoms with Crippen LogP contribution in [0.3, 0.4) is 0 Å². The molecule has 1 heterocycles. The number of nitrogen functional groups attached to an aromatic ring is 1. The van der Waals surface area contributed by atoms with Gasteiger partial charge < -0.3 is 5.73 Å². The van der Waals surface area contributed by atoms with Gasteiger partial charge in [0, 0.05) is 16.5 Å². The first kappa shape index (κ1) is 11.4. The fourth-order valence-corrected chi connectivity index (χ4v) is 2.16. The Bertz CT molecular complexity index is 763. The van der Waals surface area contributed by atoms with E-state index in [1.165, 1.54) is 0 Å². The Kier molecular flexibility index (Phi) is 2.72. The monoisotopic (exact) mass is 247 g/mol. The number of para-hydroxylation sites is 1. The number of fused-ring (bicyclic) bond motifs is 1. The third-order valence-electron chi connectivity index (χ3n) is 3.09. The summed E-state index contributed by atoms with van der Waals surface area (Å²) in [5.74, 6) is 0.0607. The molecule has 0 saturated heterocycles. The third-order valence-corrected chi connectivity index (χ3v) is 3.09. The highest BCUT2D eigenvalue weighted by Crippen LogP contribution is 2.24. The van der Waals surface area contributed by atoms with Crippen LogP contribution in [-0.4, -0.2) is 10.8 Å². The molecule has 0 fully saturated rings. The zero-order valence-corrected chi connectivity index (χ0v) is 10.3. The first-order valence-electron chi connectivity index (χ1n) is 6.05. The number of benzene rings is 2. The molecular formula is C16H13N3. The molecule has 3 heteroatoms. The van der Waals surface area contributed by atoms with Crippen LogP contribution in [0.25, 0.3) is 22.2 Å². The van der Waals surface area contributed by atoms with Gasteiger partial charge in [0.1, 0.15) is 5.84 Å². The van der Waals surface area contributed by atoms with E-state index in [-0.39, 0.29) is 5.84 Å². The van der Waals surface area contributed by atoms with Gasteiger partial charge in [-0.2, -0.15) is 0 Å². The van der Waals surface area contributed by atoms with Crippen LogP contribution in [0.2, 0.25) is 0 Å². The van der Waals surface area contributed by atoms with E-state index in [2.05, 4.69) is 4.98 Å². The number of hydrogen-bond acceptors (Lipinski definition) is 2. The second-order valence-corrected chi connectivity index (χ2v) is 4.35. The van der Waals surface area contributed by atoms with Crippen LogP contribution in [0.1, 0.15) is 5.56 Å². The highest BCUT2D eigenvalue weighted by atomic mass is 14.7. The highest BCUT2D eigenvalue weighted by molar-refractivity contribution is 6.01. The first-order chi connectivity index (χ1) is 9.25. The van der Waals surface area contributed by atoms with Gasteiger partial charge in [-0.05, 0) is 12.1 Å². The molecule has 0 atom stereocenters. The topological polar surface area (TPSA) is 62.8 Å². The molecule has 0 spiro atoms. The van der Waals surface area contributed by atoms with Crippen molar-refractivity contribution in [1.82, 2.24) is 4.98 Å². The number of rotatable bonds is 2. The minimum Gasteiger partial charge on any atom is -0.384 e. The van der Waals surface area contributed by atoms with Crippen molar-refractivity contribution in [2.45, 2.75) is 0 Å².